The van der Waals surface area contributed by atoms with E-state index in [9.17, 15) is 4.79 Å². The standard InChI is InChI=1S/C12H10O2.C2H6/c13-8-9-14-12-7-3-5-10-4-1-2-6-11(10)12;1-2/h1-8H,9H2;1-2H3. The molecule has 0 N–H and O–H groups in total. The molecule has 0 heterocycles. The summed E-state index contributed by atoms with van der Waals surface area (Å²) >= 11 is 0. The summed E-state index contributed by atoms with van der Waals surface area (Å²) in [6, 6.07) is 13.7. The summed E-state index contributed by atoms with van der Waals surface area (Å²) in [5.41, 5.74) is 0. The largest absolute Gasteiger partial charge is 0.486 e. The Labute approximate surface area is 95.9 Å². The van der Waals surface area contributed by atoms with E-state index < -0.39 is 0 Å². The van der Waals surface area contributed by atoms with Crippen molar-refractivity contribution >= 4 is 17.1 Å². The Hall–Kier alpha value is -1.83. The first-order valence-corrected chi connectivity index (χ1v) is 5.46. The summed E-state index contributed by atoms with van der Waals surface area (Å²) in [6.45, 7) is 4.11. The molecular formula is C14H16O2. The van der Waals surface area contributed by atoms with Crippen LogP contribution in [-0.2, 0) is 4.79 Å². The van der Waals surface area contributed by atoms with Gasteiger partial charge in [0.15, 0.2) is 6.29 Å². The molecule has 0 aliphatic rings. The van der Waals surface area contributed by atoms with Gasteiger partial charge >= 0.3 is 0 Å². The normalized spacial score (nSPS) is 9.12. The minimum Gasteiger partial charge on any atom is -0.486 e. The lowest BCUT2D eigenvalue weighted by Gasteiger charge is -2.05. The van der Waals surface area contributed by atoms with Crippen molar-refractivity contribution in [3.8, 4) is 5.75 Å². The third-order valence-corrected chi connectivity index (χ3v) is 2.06. The first-order valence-electron chi connectivity index (χ1n) is 5.46. The summed E-state index contributed by atoms with van der Waals surface area (Å²) in [6.07, 6.45) is 0.752. The van der Waals surface area contributed by atoms with Crippen LogP contribution in [0.25, 0.3) is 10.8 Å². The van der Waals surface area contributed by atoms with Gasteiger partial charge in [0.05, 0.1) is 0 Å². The second-order valence-electron chi connectivity index (χ2n) is 2.95. The van der Waals surface area contributed by atoms with Crippen molar-refractivity contribution in [2.45, 2.75) is 13.8 Å². The van der Waals surface area contributed by atoms with E-state index in [0.717, 1.165) is 22.8 Å². The van der Waals surface area contributed by atoms with Gasteiger partial charge in [0.25, 0.3) is 0 Å². The number of benzene rings is 2. The van der Waals surface area contributed by atoms with Gasteiger partial charge in [-0.2, -0.15) is 0 Å². The average molecular weight is 216 g/mol. The van der Waals surface area contributed by atoms with E-state index in [1.165, 1.54) is 0 Å². The van der Waals surface area contributed by atoms with Crippen molar-refractivity contribution in [1.29, 1.82) is 0 Å². The lowest BCUT2D eigenvalue weighted by Crippen LogP contribution is -1.97. The molecule has 0 atom stereocenters. The van der Waals surface area contributed by atoms with Crippen LogP contribution in [-0.4, -0.2) is 12.9 Å². The number of ether oxygens (including phenoxy) is 1. The van der Waals surface area contributed by atoms with E-state index >= 15 is 0 Å². The maximum absolute atomic E-state index is 10.2. The monoisotopic (exact) mass is 216 g/mol. The molecule has 0 spiro atoms. The molecule has 0 bridgehead atoms. The molecule has 2 rings (SSSR count). The average Bonchev–Trinajstić information content (AvgIpc) is 2.38. The van der Waals surface area contributed by atoms with Crippen LogP contribution in [0.1, 0.15) is 13.8 Å². The van der Waals surface area contributed by atoms with Crippen molar-refractivity contribution in [2.24, 2.45) is 0 Å². The van der Waals surface area contributed by atoms with Crippen LogP contribution < -0.4 is 4.74 Å². The van der Waals surface area contributed by atoms with Gasteiger partial charge in [-0.3, -0.25) is 4.79 Å². The van der Waals surface area contributed by atoms with Crippen molar-refractivity contribution in [2.75, 3.05) is 6.61 Å². The van der Waals surface area contributed by atoms with Crippen LogP contribution in [0.2, 0.25) is 0 Å². The zero-order valence-corrected chi connectivity index (χ0v) is 9.64. The number of carbonyl (C=O) groups excluding carboxylic acids is 1. The molecule has 84 valence electrons. The number of hydrogen-bond donors (Lipinski definition) is 0. The van der Waals surface area contributed by atoms with Gasteiger partial charge in [0.2, 0.25) is 0 Å². The first-order chi connectivity index (χ1) is 7.92. The Bertz CT molecular complexity index is 444. The lowest BCUT2D eigenvalue weighted by molar-refractivity contribution is -0.109. The van der Waals surface area contributed by atoms with Gasteiger partial charge in [-0.25, -0.2) is 0 Å². The van der Waals surface area contributed by atoms with E-state index in [4.69, 9.17) is 4.74 Å². The number of aldehydes is 1. The Morgan fingerprint density at radius 1 is 1.06 bits per heavy atom. The highest BCUT2D eigenvalue weighted by Gasteiger charge is 1.99. The molecule has 2 heteroatoms. The Balaban J connectivity index is 0.000000606. The number of fused-ring (bicyclic) bond motifs is 1. The molecule has 0 saturated carbocycles. The fourth-order valence-corrected chi connectivity index (χ4v) is 1.45. The predicted octanol–water partition coefficient (Wildman–Crippen LogP) is 3.44. The van der Waals surface area contributed by atoms with Crippen LogP contribution in [0.5, 0.6) is 5.75 Å². The Morgan fingerprint density at radius 3 is 2.50 bits per heavy atom. The van der Waals surface area contributed by atoms with Crippen molar-refractivity contribution in [1.82, 2.24) is 0 Å². The van der Waals surface area contributed by atoms with Crippen molar-refractivity contribution in [3.05, 3.63) is 42.5 Å². The van der Waals surface area contributed by atoms with E-state index in [1.54, 1.807) is 0 Å². The minimum absolute atomic E-state index is 0.105. The maximum atomic E-state index is 10.2. The molecule has 0 unspecified atom stereocenters. The lowest BCUT2D eigenvalue weighted by atomic mass is 10.1. The highest BCUT2D eigenvalue weighted by Crippen LogP contribution is 2.24. The van der Waals surface area contributed by atoms with E-state index in [1.807, 2.05) is 56.3 Å². The summed E-state index contributed by atoms with van der Waals surface area (Å²) in [5.74, 6) is 0.759. The summed E-state index contributed by atoms with van der Waals surface area (Å²) in [5, 5.41) is 2.16. The van der Waals surface area contributed by atoms with Crippen LogP contribution in [0.3, 0.4) is 0 Å². The van der Waals surface area contributed by atoms with E-state index in [-0.39, 0.29) is 6.61 Å². The predicted molar refractivity (Wildman–Crippen MR) is 66.9 cm³/mol. The zero-order chi connectivity index (χ0) is 11.8. The van der Waals surface area contributed by atoms with Gasteiger partial charge in [-0.05, 0) is 11.5 Å². The molecule has 2 nitrogen and oxygen atoms in total. The van der Waals surface area contributed by atoms with Gasteiger partial charge in [-0.1, -0.05) is 50.2 Å². The summed E-state index contributed by atoms with van der Waals surface area (Å²) in [4.78, 5) is 10.2. The molecule has 16 heavy (non-hydrogen) atoms. The minimum atomic E-state index is 0.105. The molecular weight excluding hydrogens is 200 g/mol. The zero-order valence-electron chi connectivity index (χ0n) is 9.64. The van der Waals surface area contributed by atoms with Gasteiger partial charge in [0, 0.05) is 5.39 Å². The fourth-order valence-electron chi connectivity index (χ4n) is 1.45. The van der Waals surface area contributed by atoms with Gasteiger partial charge in [-0.15, -0.1) is 0 Å². The molecule has 0 saturated heterocycles. The van der Waals surface area contributed by atoms with Crippen molar-refractivity contribution < 1.29 is 9.53 Å². The van der Waals surface area contributed by atoms with Crippen molar-refractivity contribution in [3.63, 3.8) is 0 Å². The Kier molecular flexibility index (Phi) is 5.06. The fraction of sp³-hybridized carbons (Fsp3) is 0.214. The topological polar surface area (TPSA) is 26.3 Å². The molecule has 0 aliphatic heterocycles. The third-order valence-electron chi connectivity index (χ3n) is 2.06. The molecule has 0 aliphatic carbocycles. The van der Waals surface area contributed by atoms with Crippen LogP contribution >= 0.6 is 0 Å². The molecule has 0 aromatic heterocycles. The van der Waals surface area contributed by atoms with Gasteiger partial charge in [0.1, 0.15) is 12.4 Å². The van der Waals surface area contributed by atoms with Crippen LogP contribution in [0, 0.1) is 0 Å². The quantitative estimate of drug-likeness (QED) is 0.734. The molecule has 0 amide bonds. The second kappa shape index (κ2) is 6.62. The van der Waals surface area contributed by atoms with E-state index in [0.29, 0.717) is 0 Å². The first kappa shape index (κ1) is 12.2. The molecule has 2 aromatic carbocycles. The molecule has 0 radical (unpaired) electrons. The molecule has 2 aromatic rings. The highest BCUT2D eigenvalue weighted by molar-refractivity contribution is 5.88. The van der Waals surface area contributed by atoms with Crippen LogP contribution in [0.15, 0.2) is 42.5 Å². The van der Waals surface area contributed by atoms with Gasteiger partial charge < -0.3 is 4.74 Å². The number of rotatable bonds is 3. The SMILES string of the molecule is CC.O=CCOc1cccc2ccccc12. The maximum Gasteiger partial charge on any atom is 0.157 e. The Morgan fingerprint density at radius 2 is 1.75 bits per heavy atom. The molecule has 0 fully saturated rings. The smallest absolute Gasteiger partial charge is 0.157 e. The number of hydrogen-bond acceptors (Lipinski definition) is 2. The van der Waals surface area contributed by atoms with E-state index in [2.05, 4.69) is 0 Å². The second-order valence-corrected chi connectivity index (χ2v) is 2.95. The van der Waals surface area contributed by atoms with Crippen LogP contribution in [0.4, 0.5) is 0 Å². The highest BCUT2D eigenvalue weighted by atomic mass is 16.5. The summed E-state index contributed by atoms with van der Waals surface area (Å²) < 4.78 is 5.30. The number of carbonyl (C=O) groups is 1. The summed E-state index contributed by atoms with van der Waals surface area (Å²) in [7, 11) is 0. The third kappa shape index (κ3) is 2.83.